The molecule has 0 aromatic carbocycles. The molecular formula is C14H28N2O2. The molecule has 0 radical (unpaired) electrons. The van der Waals surface area contributed by atoms with Gasteiger partial charge in [-0.2, -0.15) is 0 Å². The highest BCUT2D eigenvalue weighted by molar-refractivity contribution is 5.78. The van der Waals surface area contributed by atoms with Crippen molar-refractivity contribution >= 4 is 5.97 Å². The number of hydrogen-bond donors (Lipinski definition) is 2. The zero-order chi connectivity index (χ0) is 13.8. The van der Waals surface area contributed by atoms with Gasteiger partial charge >= 0.3 is 5.97 Å². The first-order valence-corrected chi connectivity index (χ1v) is 7.09. The summed E-state index contributed by atoms with van der Waals surface area (Å²) < 4.78 is 0. The van der Waals surface area contributed by atoms with E-state index in [0.717, 1.165) is 18.9 Å². The van der Waals surface area contributed by atoms with Crippen LogP contribution in [0.15, 0.2) is 0 Å². The maximum Gasteiger partial charge on any atom is 0.323 e. The Labute approximate surface area is 111 Å². The minimum absolute atomic E-state index is 0.626. The molecule has 4 heteroatoms. The van der Waals surface area contributed by atoms with Crippen molar-refractivity contribution in [3.8, 4) is 0 Å². The molecule has 1 saturated carbocycles. The number of aliphatic carboxylic acids is 1. The Morgan fingerprint density at radius 1 is 1.56 bits per heavy atom. The van der Waals surface area contributed by atoms with Crippen molar-refractivity contribution in [3.05, 3.63) is 0 Å². The van der Waals surface area contributed by atoms with Gasteiger partial charge in [-0.1, -0.05) is 6.92 Å². The van der Waals surface area contributed by atoms with Crippen LogP contribution in [0.1, 0.15) is 46.0 Å². The van der Waals surface area contributed by atoms with Gasteiger partial charge in [0.05, 0.1) is 0 Å². The van der Waals surface area contributed by atoms with E-state index in [9.17, 15) is 9.90 Å². The van der Waals surface area contributed by atoms with Gasteiger partial charge in [0.2, 0.25) is 0 Å². The quantitative estimate of drug-likeness (QED) is 0.662. The molecule has 1 aliphatic rings. The predicted octanol–water partition coefficient (Wildman–Crippen LogP) is 1.95. The molecule has 2 atom stereocenters. The third-order valence-electron chi connectivity index (χ3n) is 4.61. The van der Waals surface area contributed by atoms with Crippen molar-refractivity contribution < 1.29 is 9.90 Å². The number of carbonyl (C=O) groups is 1. The van der Waals surface area contributed by atoms with E-state index in [4.69, 9.17) is 0 Å². The van der Waals surface area contributed by atoms with Crippen LogP contribution in [-0.2, 0) is 4.79 Å². The number of hydrogen-bond acceptors (Lipinski definition) is 3. The minimum Gasteiger partial charge on any atom is -0.480 e. The molecule has 1 aliphatic carbocycles. The van der Waals surface area contributed by atoms with E-state index in [1.54, 1.807) is 7.05 Å². The Bertz CT molecular complexity index is 273. The average molecular weight is 256 g/mol. The molecule has 106 valence electrons. The number of rotatable bonds is 9. The van der Waals surface area contributed by atoms with Crippen LogP contribution in [0.25, 0.3) is 0 Å². The summed E-state index contributed by atoms with van der Waals surface area (Å²) in [5.74, 6) is 0.139. The monoisotopic (exact) mass is 256 g/mol. The van der Waals surface area contributed by atoms with Crippen molar-refractivity contribution in [1.29, 1.82) is 0 Å². The second-order valence-electron chi connectivity index (χ2n) is 5.65. The van der Waals surface area contributed by atoms with Crippen LogP contribution in [0.2, 0.25) is 0 Å². The molecule has 2 N–H and O–H groups in total. The number of carboxylic acids is 1. The van der Waals surface area contributed by atoms with Crippen LogP contribution in [0.4, 0.5) is 0 Å². The second-order valence-corrected chi connectivity index (χ2v) is 5.65. The lowest BCUT2D eigenvalue weighted by atomic mass is 9.90. The predicted molar refractivity (Wildman–Crippen MR) is 73.8 cm³/mol. The Balaban J connectivity index is 2.36. The lowest BCUT2D eigenvalue weighted by Crippen LogP contribution is -2.50. The van der Waals surface area contributed by atoms with Gasteiger partial charge < -0.3 is 15.3 Å². The van der Waals surface area contributed by atoms with E-state index in [2.05, 4.69) is 24.2 Å². The van der Waals surface area contributed by atoms with Crippen molar-refractivity contribution in [3.63, 3.8) is 0 Å². The summed E-state index contributed by atoms with van der Waals surface area (Å²) in [6.07, 6.45) is 4.96. The zero-order valence-corrected chi connectivity index (χ0v) is 12.2. The van der Waals surface area contributed by atoms with Gasteiger partial charge in [0, 0.05) is 6.04 Å². The molecule has 1 rings (SSSR count). The standard InChI is InChI=1S/C14H28N2O2/c1-5-14(15-3,13(17)18)9-6-10-16(4)11(2)12-7-8-12/h11-12,15H,5-10H2,1-4H3,(H,17,18). The molecule has 0 aromatic rings. The molecule has 0 saturated heterocycles. The molecule has 4 nitrogen and oxygen atoms in total. The summed E-state index contributed by atoms with van der Waals surface area (Å²) in [6.45, 7) is 5.19. The smallest absolute Gasteiger partial charge is 0.323 e. The first kappa shape index (κ1) is 15.4. The van der Waals surface area contributed by atoms with Gasteiger partial charge in [0.1, 0.15) is 5.54 Å². The molecule has 0 aliphatic heterocycles. The van der Waals surface area contributed by atoms with Crippen LogP contribution in [0.5, 0.6) is 0 Å². The summed E-state index contributed by atoms with van der Waals surface area (Å²) in [6, 6.07) is 0.639. The molecular weight excluding hydrogens is 228 g/mol. The van der Waals surface area contributed by atoms with Gasteiger partial charge in [-0.05, 0) is 65.6 Å². The van der Waals surface area contributed by atoms with Crippen LogP contribution >= 0.6 is 0 Å². The number of carboxylic acid groups (broad SMARTS) is 1. The number of nitrogens with one attached hydrogen (secondary N) is 1. The van der Waals surface area contributed by atoms with Gasteiger partial charge in [-0.3, -0.25) is 4.79 Å². The third-order valence-corrected chi connectivity index (χ3v) is 4.61. The molecule has 18 heavy (non-hydrogen) atoms. The SMILES string of the molecule is CCC(CCCN(C)C(C)C1CC1)(NC)C(=O)O. The summed E-state index contributed by atoms with van der Waals surface area (Å²) >= 11 is 0. The fourth-order valence-corrected chi connectivity index (χ4v) is 2.62. The van der Waals surface area contributed by atoms with Gasteiger partial charge in [0.15, 0.2) is 0 Å². The Morgan fingerprint density at radius 2 is 2.17 bits per heavy atom. The maximum atomic E-state index is 11.3. The van der Waals surface area contributed by atoms with Crippen molar-refractivity contribution in [1.82, 2.24) is 10.2 Å². The van der Waals surface area contributed by atoms with Crippen LogP contribution in [0, 0.1) is 5.92 Å². The molecule has 0 heterocycles. The fourth-order valence-electron chi connectivity index (χ4n) is 2.62. The fraction of sp³-hybridized carbons (Fsp3) is 0.929. The summed E-state index contributed by atoms with van der Waals surface area (Å²) in [7, 11) is 3.89. The molecule has 2 unspecified atom stereocenters. The highest BCUT2D eigenvalue weighted by Gasteiger charge is 2.35. The first-order valence-electron chi connectivity index (χ1n) is 7.09. The minimum atomic E-state index is -0.746. The Hall–Kier alpha value is -0.610. The molecule has 0 spiro atoms. The van der Waals surface area contributed by atoms with Crippen molar-refractivity contribution in [2.24, 2.45) is 5.92 Å². The molecule has 1 fully saturated rings. The van der Waals surface area contributed by atoms with E-state index in [1.165, 1.54) is 12.8 Å². The van der Waals surface area contributed by atoms with Crippen LogP contribution in [-0.4, -0.2) is 48.2 Å². The zero-order valence-electron chi connectivity index (χ0n) is 12.2. The summed E-state index contributed by atoms with van der Waals surface area (Å²) in [5.41, 5.74) is -0.746. The summed E-state index contributed by atoms with van der Waals surface area (Å²) in [4.78, 5) is 13.7. The third kappa shape index (κ3) is 3.69. The van der Waals surface area contributed by atoms with Gasteiger partial charge in [-0.15, -0.1) is 0 Å². The maximum absolute atomic E-state index is 11.3. The average Bonchev–Trinajstić information content (AvgIpc) is 3.17. The van der Waals surface area contributed by atoms with E-state index in [-0.39, 0.29) is 0 Å². The van der Waals surface area contributed by atoms with E-state index in [1.807, 2.05) is 6.92 Å². The largest absolute Gasteiger partial charge is 0.480 e. The van der Waals surface area contributed by atoms with Crippen molar-refractivity contribution in [2.45, 2.75) is 57.5 Å². The normalized spacial score (nSPS) is 20.7. The van der Waals surface area contributed by atoms with Crippen LogP contribution in [0.3, 0.4) is 0 Å². The highest BCUT2D eigenvalue weighted by Crippen LogP contribution is 2.34. The highest BCUT2D eigenvalue weighted by atomic mass is 16.4. The first-order chi connectivity index (χ1) is 8.46. The van der Waals surface area contributed by atoms with E-state index < -0.39 is 11.5 Å². The lowest BCUT2D eigenvalue weighted by Gasteiger charge is -2.30. The Kier molecular flexibility index (Phi) is 5.60. The molecule has 0 bridgehead atoms. The van der Waals surface area contributed by atoms with E-state index in [0.29, 0.717) is 18.9 Å². The molecule has 0 amide bonds. The lowest BCUT2D eigenvalue weighted by molar-refractivity contribution is -0.145. The van der Waals surface area contributed by atoms with Gasteiger partial charge in [0.25, 0.3) is 0 Å². The second kappa shape index (κ2) is 6.53. The van der Waals surface area contributed by atoms with Crippen molar-refractivity contribution in [2.75, 3.05) is 20.6 Å². The van der Waals surface area contributed by atoms with E-state index >= 15 is 0 Å². The number of likely N-dealkylation sites (N-methyl/N-ethyl adjacent to an activating group) is 1. The van der Waals surface area contributed by atoms with Crippen LogP contribution < -0.4 is 5.32 Å². The Morgan fingerprint density at radius 3 is 2.56 bits per heavy atom. The van der Waals surface area contributed by atoms with Gasteiger partial charge in [-0.25, -0.2) is 0 Å². The summed E-state index contributed by atoms with van der Waals surface area (Å²) in [5, 5.41) is 12.3. The number of nitrogens with zero attached hydrogens (tertiary/aromatic N) is 1. The topological polar surface area (TPSA) is 52.6 Å². The molecule has 0 aromatic heterocycles.